The Morgan fingerprint density at radius 3 is 2.34 bits per heavy atom. The molecule has 0 aromatic heterocycles. The van der Waals surface area contributed by atoms with E-state index in [4.69, 9.17) is 17.0 Å². The molecule has 8 heteroatoms. The number of nitrogens with one attached hydrogen (secondary N) is 2. The minimum absolute atomic E-state index is 0.0929. The van der Waals surface area contributed by atoms with Crippen LogP contribution in [0.1, 0.15) is 41.5 Å². The zero-order valence-corrected chi connectivity index (χ0v) is 22.3. The molecule has 0 unspecified atom stereocenters. The second kappa shape index (κ2) is 12.5. The van der Waals surface area contributed by atoms with Gasteiger partial charge < -0.3 is 15.0 Å². The third kappa shape index (κ3) is 7.37. The topological polar surface area (TPSA) is 70.7 Å². The standard InChI is InChI=1S/C27H28BrN3O3S/c1-4-31(22-8-6-5-7-9-22)26(33)19-10-13-21(14-11-19)29-27(35)30-25(32)23-16-20(28)12-15-24(23)34-17-18(2)3/h5-16,18H,4,17H2,1-3H3,(H2,29,30,32,35). The highest BCUT2D eigenvalue weighted by atomic mass is 79.9. The number of anilines is 2. The average Bonchev–Trinajstić information content (AvgIpc) is 2.84. The number of amides is 2. The summed E-state index contributed by atoms with van der Waals surface area (Å²) in [7, 11) is 0. The molecule has 2 N–H and O–H groups in total. The summed E-state index contributed by atoms with van der Waals surface area (Å²) in [5, 5.41) is 5.82. The van der Waals surface area contributed by atoms with Crippen LogP contribution in [0.15, 0.2) is 77.3 Å². The van der Waals surface area contributed by atoms with Crippen molar-refractivity contribution in [3.05, 3.63) is 88.4 Å². The Kier molecular flexibility index (Phi) is 9.39. The second-order valence-electron chi connectivity index (χ2n) is 8.22. The first-order valence-corrected chi connectivity index (χ1v) is 12.5. The quantitative estimate of drug-likeness (QED) is 0.321. The van der Waals surface area contributed by atoms with Gasteiger partial charge in [0.1, 0.15) is 5.75 Å². The molecule has 0 radical (unpaired) electrons. The van der Waals surface area contributed by atoms with Crippen LogP contribution >= 0.6 is 28.1 Å². The summed E-state index contributed by atoms with van der Waals surface area (Å²) in [6.45, 7) is 7.06. The van der Waals surface area contributed by atoms with Crippen LogP contribution in [-0.4, -0.2) is 30.1 Å². The lowest BCUT2D eigenvalue weighted by atomic mass is 10.1. The van der Waals surface area contributed by atoms with Gasteiger partial charge in [0.2, 0.25) is 0 Å². The molecule has 3 rings (SSSR count). The Hall–Kier alpha value is -3.23. The number of benzene rings is 3. The van der Waals surface area contributed by atoms with E-state index in [0.29, 0.717) is 41.6 Å². The van der Waals surface area contributed by atoms with E-state index in [1.54, 1.807) is 41.3 Å². The Bertz CT molecular complexity index is 1180. The van der Waals surface area contributed by atoms with Crippen molar-refractivity contribution in [2.24, 2.45) is 5.92 Å². The van der Waals surface area contributed by atoms with E-state index in [-0.39, 0.29) is 16.9 Å². The SMILES string of the molecule is CCN(C(=O)c1ccc(NC(=S)NC(=O)c2cc(Br)ccc2OCC(C)C)cc1)c1ccccc1. The van der Waals surface area contributed by atoms with Gasteiger partial charge in [0, 0.05) is 28.0 Å². The molecule has 2 amide bonds. The zero-order valence-electron chi connectivity index (χ0n) is 19.9. The summed E-state index contributed by atoms with van der Waals surface area (Å²) in [6.07, 6.45) is 0. The number of carbonyl (C=O) groups is 2. The van der Waals surface area contributed by atoms with E-state index in [2.05, 4.69) is 26.6 Å². The van der Waals surface area contributed by atoms with E-state index in [1.165, 1.54) is 0 Å². The average molecular weight is 555 g/mol. The molecule has 0 aliphatic rings. The molecule has 0 heterocycles. The summed E-state index contributed by atoms with van der Waals surface area (Å²) in [5.41, 5.74) is 2.43. The summed E-state index contributed by atoms with van der Waals surface area (Å²) in [4.78, 5) is 27.5. The molecular formula is C27H28BrN3O3S. The molecule has 0 fully saturated rings. The molecule has 35 heavy (non-hydrogen) atoms. The smallest absolute Gasteiger partial charge is 0.261 e. The molecule has 0 spiro atoms. The van der Waals surface area contributed by atoms with Crippen molar-refractivity contribution in [3.8, 4) is 5.75 Å². The fourth-order valence-corrected chi connectivity index (χ4v) is 3.87. The maximum atomic E-state index is 13.0. The monoisotopic (exact) mass is 553 g/mol. The van der Waals surface area contributed by atoms with Crippen molar-refractivity contribution in [2.75, 3.05) is 23.4 Å². The second-order valence-corrected chi connectivity index (χ2v) is 9.54. The highest BCUT2D eigenvalue weighted by Crippen LogP contribution is 2.24. The van der Waals surface area contributed by atoms with Crippen LogP contribution < -0.4 is 20.3 Å². The van der Waals surface area contributed by atoms with Crippen molar-refractivity contribution in [1.82, 2.24) is 5.32 Å². The molecule has 0 saturated carbocycles. The molecule has 0 atom stereocenters. The minimum atomic E-state index is -0.379. The number of rotatable bonds is 8. The molecule has 0 bridgehead atoms. The van der Waals surface area contributed by atoms with Gasteiger partial charge in [-0.15, -0.1) is 0 Å². The highest BCUT2D eigenvalue weighted by molar-refractivity contribution is 9.10. The van der Waals surface area contributed by atoms with Crippen LogP contribution in [0.3, 0.4) is 0 Å². The van der Waals surface area contributed by atoms with Crippen molar-refractivity contribution in [2.45, 2.75) is 20.8 Å². The normalized spacial score (nSPS) is 10.5. The number of carbonyl (C=O) groups excluding carboxylic acids is 2. The first kappa shape index (κ1) is 26.4. The molecule has 0 saturated heterocycles. The summed E-state index contributed by atoms with van der Waals surface area (Å²) in [5.74, 6) is 0.341. The molecule has 0 aliphatic carbocycles. The van der Waals surface area contributed by atoms with Gasteiger partial charge in [-0.25, -0.2) is 0 Å². The van der Waals surface area contributed by atoms with Gasteiger partial charge in [0.15, 0.2) is 5.11 Å². The highest BCUT2D eigenvalue weighted by Gasteiger charge is 2.17. The van der Waals surface area contributed by atoms with Gasteiger partial charge in [-0.05, 0) is 79.7 Å². The fourth-order valence-electron chi connectivity index (χ4n) is 3.30. The van der Waals surface area contributed by atoms with E-state index in [1.807, 2.05) is 57.2 Å². The summed E-state index contributed by atoms with van der Waals surface area (Å²) < 4.78 is 6.55. The van der Waals surface area contributed by atoms with Crippen LogP contribution in [0, 0.1) is 5.92 Å². The van der Waals surface area contributed by atoms with Gasteiger partial charge in [0.25, 0.3) is 11.8 Å². The number of nitrogens with zero attached hydrogens (tertiary/aromatic N) is 1. The molecular weight excluding hydrogens is 526 g/mol. The van der Waals surface area contributed by atoms with E-state index >= 15 is 0 Å². The van der Waals surface area contributed by atoms with Crippen molar-refractivity contribution >= 4 is 56.4 Å². The predicted molar refractivity (Wildman–Crippen MR) is 148 cm³/mol. The lowest BCUT2D eigenvalue weighted by Gasteiger charge is -2.21. The Labute approximate surface area is 219 Å². The molecule has 0 aliphatic heterocycles. The maximum Gasteiger partial charge on any atom is 0.261 e. The molecule has 3 aromatic carbocycles. The number of hydrogen-bond donors (Lipinski definition) is 2. The van der Waals surface area contributed by atoms with Crippen LogP contribution in [-0.2, 0) is 0 Å². The Balaban J connectivity index is 1.64. The van der Waals surface area contributed by atoms with Crippen LogP contribution in [0.4, 0.5) is 11.4 Å². The first-order chi connectivity index (χ1) is 16.8. The van der Waals surface area contributed by atoms with Crippen molar-refractivity contribution in [1.29, 1.82) is 0 Å². The van der Waals surface area contributed by atoms with E-state index in [9.17, 15) is 9.59 Å². The van der Waals surface area contributed by atoms with Crippen LogP contribution in [0.2, 0.25) is 0 Å². The fraction of sp³-hybridized carbons (Fsp3) is 0.222. The van der Waals surface area contributed by atoms with Gasteiger partial charge in [-0.3, -0.25) is 14.9 Å². The van der Waals surface area contributed by atoms with Gasteiger partial charge >= 0.3 is 0 Å². The first-order valence-electron chi connectivity index (χ1n) is 11.3. The van der Waals surface area contributed by atoms with E-state index in [0.717, 1.165) is 10.2 Å². The predicted octanol–water partition coefficient (Wildman–Crippen LogP) is 6.28. The van der Waals surface area contributed by atoms with Crippen molar-refractivity contribution in [3.63, 3.8) is 0 Å². The molecule has 3 aromatic rings. The molecule has 6 nitrogen and oxygen atoms in total. The van der Waals surface area contributed by atoms with E-state index < -0.39 is 0 Å². The minimum Gasteiger partial charge on any atom is -0.492 e. The number of hydrogen-bond acceptors (Lipinski definition) is 4. The number of para-hydroxylation sites is 1. The number of ether oxygens (including phenoxy) is 1. The maximum absolute atomic E-state index is 13.0. The number of halogens is 1. The van der Waals surface area contributed by atoms with Gasteiger partial charge in [-0.1, -0.05) is 48.0 Å². The van der Waals surface area contributed by atoms with Crippen molar-refractivity contribution < 1.29 is 14.3 Å². The zero-order chi connectivity index (χ0) is 25.4. The largest absolute Gasteiger partial charge is 0.492 e. The third-order valence-electron chi connectivity index (χ3n) is 5.00. The third-order valence-corrected chi connectivity index (χ3v) is 5.70. The Morgan fingerprint density at radius 1 is 1.03 bits per heavy atom. The molecule has 182 valence electrons. The lowest BCUT2D eigenvalue weighted by molar-refractivity contribution is 0.0969. The summed E-state index contributed by atoms with van der Waals surface area (Å²) >= 11 is 8.73. The lowest BCUT2D eigenvalue weighted by Crippen LogP contribution is -2.34. The summed E-state index contributed by atoms with van der Waals surface area (Å²) in [6, 6.07) is 21.8. The Morgan fingerprint density at radius 2 is 1.71 bits per heavy atom. The van der Waals surface area contributed by atoms with Gasteiger partial charge in [0.05, 0.1) is 12.2 Å². The number of thiocarbonyl (C=S) groups is 1. The van der Waals surface area contributed by atoms with Crippen LogP contribution in [0.25, 0.3) is 0 Å². The van der Waals surface area contributed by atoms with Crippen LogP contribution in [0.5, 0.6) is 5.75 Å². The van der Waals surface area contributed by atoms with Gasteiger partial charge in [-0.2, -0.15) is 0 Å².